The number of piperidine rings is 1. The Balaban J connectivity index is 1.77. The van der Waals surface area contributed by atoms with Gasteiger partial charge in [0.05, 0.1) is 18.2 Å². The van der Waals surface area contributed by atoms with Crippen LogP contribution in [0.15, 0.2) is 24.3 Å². The van der Waals surface area contributed by atoms with Gasteiger partial charge in [-0.25, -0.2) is 4.90 Å². The van der Waals surface area contributed by atoms with E-state index in [0.29, 0.717) is 12.1 Å². The van der Waals surface area contributed by atoms with Crippen LogP contribution in [0.2, 0.25) is 0 Å². The second kappa shape index (κ2) is 5.60. The molecule has 0 spiro atoms. The first-order valence-corrected chi connectivity index (χ1v) is 7.74. The van der Waals surface area contributed by atoms with E-state index in [-0.39, 0.29) is 17.9 Å². The molecule has 0 saturated carbocycles. The number of hydrogen-bond acceptors (Lipinski definition) is 3. The molecule has 0 aliphatic carbocycles. The molecule has 2 amide bonds. The minimum atomic E-state index is -0.258. The van der Waals surface area contributed by atoms with Crippen molar-refractivity contribution in [2.75, 3.05) is 18.0 Å². The van der Waals surface area contributed by atoms with Crippen molar-refractivity contribution in [2.24, 2.45) is 5.92 Å². The van der Waals surface area contributed by atoms with Gasteiger partial charge in [-0.3, -0.25) is 14.5 Å². The predicted octanol–water partition coefficient (Wildman–Crippen LogP) is 2.36. The number of hydrogen-bond donors (Lipinski definition) is 0. The van der Waals surface area contributed by atoms with Gasteiger partial charge in [-0.05, 0) is 50.9 Å². The summed E-state index contributed by atoms with van der Waals surface area (Å²) >= 11 is 0. The Bertz CT molecular complexity index is 544. The third-order valence-electron chi connectivity index (χ3n) is 4.67. The van der Waals surface area contributed by atoms with E-state index in [2.05, 4.69) is 11.8 Å². The number of aryl methyl sites for hydroxylation is 1. The number of amides is 2. The van der Waals surface area contributed by atoms with E-state index >= 15 is 0 Å². The number of anilines is 1. The minimum Gasteiger partial charge on any atom is -0.292 e. The first kappa shape index (κ1) is 14.3. The smallest absolute Gasteiger partial charge is 0.251 e. The summed E-state index contributed by atoms with van der Waals surface area (Å²) in [6, 6.07) is 7.32. The summed E-state index contributed by atoms with van der Waals surface area (Å²) in [5.74, 6) is 0.590. The molecule has 3 rings (SSSR count). The minimum absolute atomic E-state index is 0.0570. The molecule has 0 radical (unpaired) electrons. The molecular formula is C17H22N2O2. The lowest BCUT2D eigenvalue weighted by atomic mass is 9.97. The van der Waals surface area contributed by atoms with Gasteiger partial charge in [0.25, 0.3) is 5.91 Å². The normalized spacial score (nSPS) is 24.9. The van der Waals surface area contributed by atoms with Gasteiger partial charge in [-0.1, -0.05) is 24.6 Å². The maximum Gasteiger partial charge on any atom is 0.251 e. The monoisotopic (exact) mass is 286 g/mol. The van der Waals surface area contributed by atoms with Crippen LogP contribution in [-0.2, 0) is 9.59 Å². The molecule has 112 valence electrons. The molecule has 0 bridgehead atoms. The highest BCUT2D eigenvalue weighted by atomic mass is 16.2. The van der Waals surface area contributed by atoms with E-state index in [1.54, 1.807) is 0 Å². The van der Waals surface area contributed by atoms with Crippen molar-refractivity contribution in [3.63, 3.8) is 0 Å². The second-order valence-corrected chi connectivity index (χ2v) is 6.34. The Hall–Kier alpha value is -1.68. The van der Waals surface area contributed by atoms with Crippen LogP contribution in [0.1, 0.15) is 31.7 Å². The van der Waals surface area contributed by atoms with Crippen LogP contribution in [0, 0.1) is 12.8 Å². The highest BCUT2D eigenvalue weighted by molar-refractivity contribution is 6.22. The molecule has 4 nitrogen and oxygen atoms in total. The Labute approximate surface area is 125 Å². The average Bonchev–Trinajstić information content (AvgIpc) is 2.76. The molecule has 2 aliphatic heterocycles. The lowest BCUT2D eigenvalue weighted by Gasteiger charge is -2.33. The van der Waals surface area contributed by atoms with E-state index < -0.39 is 0 Å². The Morgan fingerprint density at radius 2 is 1.67 bits per heavy atom. The molecule has 1 aromatic rings. The number of carbonyl (C=O) groups excluding carboxylic acids is 2. The first-order chi connectivity index (χ1) is 10.1. The van der Waals surface area contributed by atoms with Gasteiger partial charge in [-0.15, -0.1) is 0 Å². The predicted molar refractivity (Wildman–Crippen MR) is 82.0 cm³/mol. The van der Waals surface area contributed by atoms with Gasteiger partial charge in [0.1, 0.15) is 0 Å². The van der Waals surface area contributed by atoms with Gasteiger partial charge >= 0.3 is 0 Å². The Morgan fingerprint density at radius 3 is 2.29 bits per heavy atom. The highest BCUT2D eigenvalue weighted by Crippen LogP contribution is 2.28. The lowest BCUT2D eigenvalue weighted by molar-refractivity contribution is -0.123. The highest BCUT2D eigenvalue weighted by Gasteiger charge is 2.43. The van der Waals surface area contributed by atoms with E-state index in [4.69, 9.17) is 0 Å². The lowest BCUT2D eigenvalue weighted by Crippen LogP contribution is -2.45. The zero-order chi connectivity index (χ0) is 15.0. The molecule has 2 heterocycles. The third-order valence-corrected chi connectivity index (χ3v) is 4.67. The molecule has 4 heteroatoms. The number of carbonyl (C=O) groups is 2. The summed E-state index contributed by atoms with van der Waals surface area (Å²) in [4.78, 5) is 28.5. The van der Waals surface area contributed by atoms with Gasteiger partial charge in [-0.2, -0.15) is 0 Å². The van der Waals surface area contributed by atoms with Crippen LogP contribution < -0.4 is 4.90 Å². The van der Waals surface area contributed by atoms with Crippen molar-refractivity contribution in [3.8, 4) is 0 Å². The van der Waals surface area contributed by atoms with E-state index in [0.717, 1.165) is 37.4 Å². The van der Waals surface area contributed by atoms with Gasteiger partial charge < -0.3 is 0 Å². The molecule has 2 aliphatic rings. The topological polar surface area (TPSA) is 40.6 Å². The summed E-state index contributed by atoms with van der Waals surface area (Å²) in [5.41, 5.74) is 1.82. The number of benzene rings is 1. The molecule has 0 N–H and O–H groups in total. The SMILES string of the molecule is Cc1ccc(N2C(=O)C[C@@H](N3CCC(C)CC3)C2=O)cc1. The summed E-state index contributed by atoms with van der Waals surface area (Å²) < 4.78 is 0. The van der Waals surface area contributed by atoms with E-state index in [1.807, 2.05) is 31.2 Å². The largest absolute Gasteiger partial charge is 0.292 e. The van der Waals surface area contributed by atoms with Crippen LogP contribution in [0.25, 0.3) is 0 Å². The maximum absolute atomic E-state index is 12.6. The van der Waals surface area contributed by atoms with Crippen LogP contribution in [-0.4, -0.2) is 35.8 Å². The second-order valence-electron chi connectivity index (χ2n) is 6.34. The third kappa shape index (κ3) is 2.72. The van der Waals surface area contributed by atoms with Crippen LogP contribution in [0.5, 0.6) is 0 Å². The Morgan fingerprint density at radius 1 is 1.05 bits per heavy atom. The van der Waals surface area contributed by atoms with Gasteiger partial charge in [0.2, 0.25) is 5.91 Å². The number of imide groups is 1. The average molecular weight is 286 g/mol. The van der Waals surface area contributed by atoms with Crippen molar-refractivity contribution in [1.29, 1.82) is 0 Å². The zero-order valence-electron chi connectivity index (χ0n) is 12.7. The Kier molecular flexibility index (Phi) is 3.81. The molecule has 1 aromatic carbocycles. The molecular weight excluding hydrogens is 264 g/mol. The number of likely N-dealkylation sites (tertiary alicyclic amines) is 1. The van der Waals surface area contributed by atoms with Gasteiger partial charge in [0.15, 0.2) is 0 Å². The van der Waals surface area contributed by atoms with Crippen LogP contribution in [0.3, 0.4) is 0 Å². The van der Waals surface area contributed by atoms with Crippen molar-refractivity contribution in [1.82, 2.24) is 4.90 Å². The van der Waals surface area contributed by atoms with Gasteiger partial charge in [0, 0.05) is 0 Å². The summed E-state index contributed by atoms with van der Waals surface area (Å²) in [6.45, 7) is 6.09. The van der Waals surface area contributed by atoms with Crippen LogP contribution >= 0.6 is 0 Å². The fourth-order valence-electron chi connectivity index (χ4n) is 3.21. The number of rotatable bonds is 2. The fourth-order valence-corrected chi connectivity index (χ4v) is 3.21. The standard InChI is InChI=1S/C17H22N2O2/c1-12-3-5-14(6-4-12)19-16(20)11-15(17(19)21)18-9-7-13(2)8-10-18/h3-6,13,15H,7-11H2,1-2H3/t15-/m1/s1. The van der Waals surface area contributed by atoms with E-state index in [1.165, 1.54) is 4.90 Å². The molecule has 0 unspecified atom stereocenters. The van der Waals surface area contributed by atoms with Crippen molar-refractivity contribution >= 4 is 17.5 Å². The number of nitrogens with zero attached hydrogens (tertiary/aromatic N) is 2. The van der Waals surface area contributed by atoms with Crippen molar-refractivity contribution in [3.05, 3.63) is 29.8 Å². The fraction of sp³-hybridized carbons (Fsp3) is 0.529. The molecule has 0 aromatic heterocycles. The molecule has 21 heavy (non-hydrogen) atoms. The molecule has 2 fully saturated rings. The van der Waals surface area contributed by atoms with E-state index in [9.17, 15) is 9.59 Å². The van der Waals surface area contributed by atoms with Crippen molar-refractivity contribution < 1.29 is 9.59 Å². The zero-order valence-corrected chi connectivity index (χ0v) is 12.7. The summed E-state index contributed by atoms with van der Waals surface area (Å²) in [5, 5.41) is 0. The summed E-state index contributed by atoms with van der Waals surface area (Å²) in [7, 11) is 0. The molecule has 1 atom stereocenters. The maximum atomic E-state index is 12.6. The van der Waals surface area contributed by atoms with Crippen molar-refractivity contribution in [2.45, 2.75) is 39.2 Å². The first-order valence-electron chi connectivity index (χ1n) is 7.74. The summed E-state index contributed by atoms with van der Waals surface area (Å²) in [6.07, 6.45) is 2.55. The van der Waals surface area contributed by atoms with Crippen LogP contribution in [0.4, 0.5) is 5.69 Å². The quantitative estimate of drug-likeness (QED) is 0.784. The molecule has 2 saturated heterocycles.